The standard InChI is InChI=1S/C16H19BrClN7O/c1-11-15(18)12(2)25(21-11)6-3-5-19-16(26)14-4-7-23(22-14)10-24-9-13(17)8-20-24/h4,7-9H,3,5-6,10H2,1-2H3,(H,19,26). The van der Waals surface area contributed by atoms with Gasteiger partial charge in [0, 0.05) is 25.5 Å². The summed E-state index contributed by atoms with van der Waals surface area (Å²) in [5, 5.41) is 16.4. The molecule has 0 radical (unpaired) electrons. The highest BCUT2D eigenvalue weighted by Gasteiger charge is 2.11. The van der Waals surface area contributed by atoms with Crippen molar-refractivity contribution in [1.29, 1.82) is 0 Å². The maximum atomic E-state index is 12.2. The molecule has 0 fully saturated rings. The van der Waals surface area contributed by atoms with E-state index in [2.05, 4.69) is 36.5 Å². The molecule has 0 saturated carbocycles. The fraction of sp³-hybridized carbons (Fsp3) is 0.375. The Bertz CT molecular complexity index is 914. The zero-order chi connectivity index (χ0) is 18.7. The van der Waals surface area contributed by atoms with E-state index in [-0.39, 0.29) is 5.91 Å². The van der Waals surface area contributed by atoms with Crippen molar-refractivity contribution in [2.24, 2.45) is 0 Å². The Morgan fingerprint density at radius 3 is 2.77 bits per heavy atom. The zero-order valence-electron chi connectivity index (χ0n) is 14.5. The molecule has 3 aromatic heterocycles. The van der Waals surface area contributed by atoms with Crippen molar-refractivity contribution < 1.29 is 4.79 Å². The maximum Gasteiger partial charge on any atom is 0.271 e. The second kappa shape index (κ2) is 8.05. The molecule has 138 valence electrons. The van der Waals surface area contributed by atoms with Crippen LogP contribution in [0.2, 0.25) is 5.02 Å². The molecule has 1 amide bonds. The number of nitrogens with one attached hydrogen (secondary N) is 1. The van der Waals surface area contributed by atoms with Crippen LogP contribution in [-0.4, -0.2) is 41.8 Å². The quantitative estimate of drug-likeness (QED) is 0.573. The molecule has 0 aromatic carbocycles. The molecule has 0 aliphatic heterocycles. The van der Waals surface area contributed by atoms with Gasteiger partial charge in [-0.2, -0.15) is 15.3 Å². The normalized spacial score (nSPS) is 11.1. The monoisotopic (exact) mass is 439 g/mol. The van der Waals surface area contributed by atoms with Crippen molar-refractivity contribution in [1.82, 2.24) is 34.7 Å². The molecular weight excluding hydrogens is 422 g/mol. The van der Waals surface area contributed by atoms with E-state index in [4.69, 9.17) is 11.6 Å². The van der Waals surface area contributed by atoms with Crippen molar-refractivity contribution in [3.63, 3.8) is 0 Å². The van der Waals surface area contributed by atoms with Crippen LogP contribution in [0.15, 0.2) is 29.1 Å². The lowest BCUT2D eigenvalue weighted by atomic mass is 10.3. The number of amides is 1. The summed E-state index contributed by atoms with van der Waals surface area (Å²) in [7, 11) is 0. The maximum absolute atomic E-state index is 12.2. The lowest BCUT2D eigenvalue weighted by Crippen LogP contribution is -2.26. The number of nitrogens with zero attached hydrogens (tertiary/aromatic N) is 6. The molecular formula is C16H19BrClN7O. The van der Waals surface area contributed by atoms with Crippen LogP contribution in [0.25, 0.3) is 0 Å². The topological polar surface area (TPSA) is 82.6 Å². The molecule has 0 atom stereocenters. The van der Waals surface area contributed by atoms with E-state index >= 15 is 0 Å². The molecule has 10 heteroatoms. The van der Waals surface area contributed by atoms with Gasteiger partial charge in [0.15, 0.2) is 0 Å². The zero-order valence-corrected chi connectivity index (χ0v) is 16.8. The summed E-state index contributed by atoms with van der Waals surface area (Å²) >= 11 is 9.48. The van der Waals surface area contributed by atoms with E-state index in [9.17, 15) is 4.79 Å². The highest BCUT2D eigenvalue weighted by Crippen LogP contribution is 2.18. The molecule has 0 saturated heterocycles. The predicted octanol–water partition coefficient (Wildman–Crippen LogP) is 2.63. The minimum absolute atomic E-state index is 0.197. The summed E-state index contributed by atoms with van der Waals surface area (Å²) in [6, 6.07) is 1.69. The molecule has 26 heavy (non-hydrogen) atoms. The highest BCUT2D eigenvalue weighted by atomic mass is 79.9. The first-order valence-corrected chi connectivity index (χ1v) is 9.30. The van der Waals surface area contributed by atoms with Crippen LogP contribution >= 0.6 is 27.5 Å². The van der Waals surface area contributed by atoms with Gasteiger partial charge in [-0.05, 0) is 42.3 Å². The summed E-state index contributed by atoms with van der Waals surface area (Å²) in [4.78, 5) is 12.2. The number of aryl methyl sites for hydroxylation is 2. The van der Waals surface area contributed by atoms with Gasteiger partial charge < -0.3 is 5.32 Å². The highest BCUT2D eigenvalue weighted by molar-refractivity contribution is 9.10. The molecule has 0 bridgehead atoms. The van der Waals surface area contributed by atoms with Gasteiger partial charge >= 0.3 is 0 Å². The van der Waals surface area contributed by atoms with Crippen molar-refractivity contribution in [2.45, 2.75) is 33.5 Å². The summed E-state index contributed by atoms with van der Waals surface area (Å²) < 4.78 is 6.14. The van der Waals surface area contributed by atoms with Gasteiger partial charge in [-0.25, -0.2) is 4.68 Å². The second-order valence-electron chi connectivity index (χ2n) is 5.90. The lowest BCUT2D eigenvalue weighted by molar-refractivity contribution is 0.0946. The molecule has 0 unspecified atom stereocenters. The molecule has 0 aliphatic carbocycles. The molecule has 8 nitrogen and oxygen atoms in total. The van der Waals surface area contributed by atoms with E-state index in [1.807, 2.05) is 24.7 Å². The minimum atomic E-state index is -0.197. The van der Waals surface area contributed by atoms with E-state index in [1.165, 1.54) is 0 Å². The van der Waals surface area contributed by atoms with Gasteiger partial charge in [0.05, 0.1) is 27.1 Å². The van der Waals surface area contributed by atoms with Gasteiger partial charge in [-0.3, -0.25) is 14.2 Å². The van der Waals surface area contributed by atoms with Gasteiger partial charge in [0.1, 0.15) is 12.4 Å². The van der Waals surface area contributed by atoms with Gasteiger partial charge in [0.2, 0.25) is 0 Å². The first-order valence-electron chi connectivity index (χ1n) is 8.13. The Balaban J connectivity index is 1.47. The van der Waals surface area contributed by atoms with E-state index < -0.39 is 0 Å². The third-order valence-corrected chi connectivity index (χ3v) is 4.85. The van der Waals surface area contributed by atoms with Crippen LogP contribution < -0.4 is 5.32 Å². The van der Waals surface area contributed by atoms with Crippen LogP contribution in [0.1, 0.15) is 28.3 Å². The Labute approximate surface area is 164 Å². The first-order chi connectivity index (χ1) is 12.4. The number of aromatic nitrogens is 6. The van der Waals surface area contributed by atoms with Gasteiger partial charge in [-0.1, -0.05) is 11.6 Å². The van der Waals surface area contributed by atoms with Crippen molar-refractivity contribution in [3.8, 4) is 0 Å². The number of carbonyl (C=O) groups excluding carboxylic acids is 1. The van der Waals surface area contributed by atoms with E-state index in [0.29, 0.717) is 30.5 Å². The summed E-state index contributed by atoms with van der Waals surface area (Å²) in [6.45, 7) is 5.49. The Hall–Kier alpha value is -2.13. The molecule has 0 spiro atoms. The summed E-state index contributed by atoms with van der Waals surface area (Å²) in [5.41, 5.74) is 2.15. The van der Waals surface area contributed by atoms with Crippen molar-refractivity contribution >= 4 is 33.4 Å². The van der Waals surface area contributed by atoms with Crippen molar-refractivity contribution in [2.75, 3.05) is 6.54 Å². The molecule has 0 aliphatic rings. The average molecular weight is 441 g/mol. The summed E-state index contributed by atoms with van der Waals surface area (Å²) in [6.07, 6.45) is 6.05. The largest absolute Gasteiger partial charge is 0.351 e. The van der Waals surface area contributed by atoms with Crippen molar-refractivity contribution in [3.05, 3.63) is 51.2 Å². The SMILES string of the molecule is Cc1nn(CCCNC(=O)c2ccn(Cn3cc(Br)cn3)n2)c(C)c1Cl. The minimum Gasteiger partial charge on any atom is -0.351 e. The molecule has 3 heterocycles. The predicted molar refractivity (Wildman–Crippen MR) is 101 cm³/mol. The van der Waals surface area contributed by atoms with E-state index in [0.717, 1.165) is 22.3 Å². The van der Waals surface area contributed by atoms with Crippen LogP contribution in [0.3, 0.4) is 0 Å². The molecule has 1 N–H and O–H groups in total. The number of hydrogen-bond acceptors (Lipinski definition) is 4. The van der Waals surface area contributed by atoms with Gasteiger partial charge in [-0.15, -0.1) is 0 Å². The Morgan fingerprint density at radius 2 is 2.12 bits per heavy atom. The second-order valence-corrected chi connectivity index (χ2v) is 7.19. The molecule has 3 aromatic rings. The number of hydrogen-bond donors (Lipinski definition) is 1. The summed E-state index contributed by atoms with van der Waals surface area (Å²) in [5.74, 6) is -0.197. The number of halogens is 2. The average Bonchev–Trinajstić information content (AvgIpc) is 3.30. The smallest absolute Gasteiger partial charge is 0.271 e. The fourth-order valence-electron chi connectivity index (χ4n) is 2.54. The first kappa shape index (κ1) is 18.7. The fourth-order valence-corrected chi connectivity index (χ4v) is 3.00. The van der Waals surface area contributed by atoms with Crippen LogP contribution in [0.4, 0.5) is 0 Å². The van der Waals surface area contributed by atoms with Crippen LogP contribution in [0.5, 0.6) is 0 Å². The third kappa shape index (κ3) is 4.34. The van der Waals surface area contributed by atoms with Crippen LogP contribution in [0, 0.1) is 13.8 Å². The Kier molecular flexibility index (Phi) is 5.77. The number of carbonyl (C=O) groups is 1. The van der Waals surface area contributed by atoms with Crippen LogP contribution in [-0.2, 0) is 13.2 Å². The Morgan fingerprint density at radius 1 is 1.31 bits per heavy atom. The van der Waals surface area contributed by atoms with Gasteiger partial charge in [0.25, 0.3) is 5.91 Å². The lowest BCUT2D eigenvalue weighted by Gasteiger charge is -2.06. The number of rotatable bonds is 7. The van der Waals surface area contributed by atoms with E-state index in [1.54, 1.807) is 27.8 Å². The third-order valence-electron chi connectivity index (χ3n) is 3.89. The molecule has 3 rings (SSSR count).